The molecule has 17 heavy (non-hydrogen) atoms. The van der Waals surface area contributed by atoms with E-state index in [1.54, 1.807) is 0 Å². The topological polar surface area (TPSA) is 26.0 Å². The van der Waals surface area contributed by atoms with Gasteiger partial charge in [0.25, 0.3) is 0 Å². The SMILES string of the molecule is CCC(C)C(C)(N)Cc1c(F)ccc(Br)c1F. The van der Waals surface area contributed by atoms with Crippen molar-refractivity contribution in [2.45, 2.75) is 39.2 Å². The molecule has 0 aliphatic heterocycles. The van der Waals surface area contributed by atoms with Gasteiger partial charge >= 0.3 is 0 Å². The molecular weight excluding hydrogens is 288 g/mol. The second-order valence-corrected chi connectivity index (χ2v) is 5.67. The van der Waals surface area contributed by atoms with E-state index in [1.165, 1.54) is 12.1 Å². The van der Waals surface area contributed by atoms with Gasteiger partial charge in [0.2, 0.25) is 0 Å². The van der Waals surface area contributed by atoms with Gasteiger partial charge in [-0.3, -0.25) is 0 Å². The largest absolute Gasteiger partial charge is 0.325 e. The predicted octanol–water partition coefficient (Wildman–Crippen LogP) is 4.03. The van der Waals surface area contributed by atoms with E-state index in [9.17, 15) is 8.78 Å². The Bertz CT molecular complexity index is 405. The lowest BCUT2D eigenvalue weighted by Crippen LogP contribution is -2.45. The normalized spacial score (nSPS) is 16.6. The van der Waals surface area contributed by atoms with Crippen LogP contribution < -0.4 is 5.73 Å². The van der Waals surface area contributed by atoms with Gasteiger partial charge in [-0.05, 0) is 47.3 Å². The van der Waals surface area contributed by atoms with Crippen molar-refractivity contribution in [1.29, 1.82) is 0 Å². The Balaban J connectivity index is 3.07. The maximum atomic E-state index is 13.8. The van der Waals surface area contributed by atoms with Crippen molar-refractivity contribution in [2.75, 3.05) is 0 Å². The average Bonchev–Trinajstić information content (AvgIpc) is 2.28. The molecule has 0 spiro atoms. The van der Waals surface area contributed by atoms with E-state index in [0.717, 1.165) is 6.42 Å². The molecule has 0 aliphatic rings. The van der Waals surface area contributed by atoms with E-state index in [1.807, 2.05) is 20.8 Å². The first kappa shape index (κ1) is 14.6. The second-order valence-electron chi connectivity index (χ2n) is 4.81. The fraction of sp³-hybridized carbons (Fsp3) is 0.538. The van der Waals surface area contributed by atoms with Crippen molar-refractivity contribution in [1.82, 2.24) is 0 Å². The summed E-state index contributed by atoms with van der Waals surface area (Å²) in [4.78, 5) is 0. The molecule has 4 heteroatoms. The zero-order valence-electron chi connectivity index (χ0n) is 10.4. The molecule has 96 valence electrons. The van der Waals surface area contributed by atoms with Crippen LogP contribution in [-0.2, 0) is 6.42 Å². The van der Waals surface area contributed by atoms with Gasteiger partial charge in [0.05, 0.1) is 4.47 Å². The molecule has 2 atom stereocenters. The zero-order chi connectivity index (χ0) is 13.2. The maximum Gasteiger partial charge on any atom is 0.143 e. The standard InChI is InChI=1S/C13H18BrF2N/c1-4-8(2)13(3,17)7-9-11(15)6-5-10(14)12(9)16/h5-6,8H,4,7,17H2,1-3H3. The summed E-state index contributed by atoms with van der Waals surface area (Å²) in [7, 11) is 0. The molecule has 0 aliphatic carbocycles. The minimum Gasteiger partial charge on any atom is -0.325 e. The fourth-order valence-electron chi connectivity index (χ4n) is 1.75. The summed E-state index contributed by atoms with van der Waals surface area (Å²) in [6.45, 7) is 5.85. The fourth-order valence-corrected chi connectivity index (χ4v) is 2.12. The van der Waals surface area contributed by atoms with Gasteiger partial charge in [-0.25, -0.2) is 8.78 Å². The first-order valence-electron chi connectivity index (χ1n) is 5.70. The van der Waals surface area contributed by atoms with Gasteiger partial charge in [-0.1, -0.05) is 20.3 Å². The highest BCUT2D eigenvalue weighted by Gasteiger charge is 2.28. The molecule has 0 fully saturated rings. The van der Waals surface area contributed by atoms with E-state index in [4.69, 9.17) is 5.73 Å². The van der Waals surface area contributed by atoms with E-state index in [2.05, 4.69) is 15.9 Å². The van der Waals surface area contributed by atoms with Crippen LogP contribution in [0.5, 0.6) is 0 Å². The minimum absolute atomic E-state index is 0.0599. The van der Waals surface area contributed by atoms with Crippen molar-refractivity contribution in [3.05, 3.63) is 33.8 Å². The van der Waals surface area contributed by atoms with Crippen LogP contribution >= 0.6 is 15.9 Å². The van der Waals surface area contributed by atoms with E-state index >= 15 is 0 Å². The molecule has 2 unspecified atom stereocenters. The lowest BCUT2D eigenvalue weighted by molar-refractivity contribution is 0.299. The number of benzene rings is 1. The quantitative estimate of drug-likeness (QED) is 0.835. The molecule has 1 rings (SSSR count). The van der Waals surface area contributed by atoms with Gasteiger partial charge in [0.15, 0.2) is 0 Å². The number of nitrogens with two attached hydrogens (primary N) is 1. The number of rotatable bonds is 4. The van der Waals surface area contributed by atoms with Crippen LogP contribution in [0.15, 0.2) is 16.6 Å². The van der Waals surface area contributed by atoms with Gasteiger partial charge < -0.3 is 5.73 Å². The van der Waals surface area contributed by atoms with E-state index < -0.39 is 17.2 Å². The van der Waals surface area contributed by atoms with Crippen LogP contribution in [0.25, 0.3) is 0 Å². The van der Waals surface area contributed by atoms with Crippen LogP contribution in [0.4, 0.5) is 8.78 Å². The van der Waals surface area contributed by atoms with E-state index in [0.29, 0.717) is 0 Å². The Morgan fingerprint density at radius 2 is 2.00 bits per heavy atom. The zero-order valence-corrected chi connectivity index (χ0v) is 11.9. The van der Waals surface area contributed by atoms with Gasteiger partial charge in [-0.15, -0.1) is 0 Å². The third-order valence-electron chi connectivity index (χ3n) is 3.43. The Kier molecular flexibility index (Phi) is 4.67. The summed E-state index contributed by atoms with van der Waals surface area (Å²) in [5.41, 5.74) is 5.59. The Morgan fingerprint density at radius 3 is 2.53 bits per heavy atom. The third-order valence-corrected chi connectivity index (χ3v) is 4.05. The third kappa shape index (κ3) is 3.26. The molecule has 1 aromatic carbocycles. The van der Waals surface area contributed by atoms with Crippen molar-refractivity contribution < 1.29 is 8.78 Å². The molecule has 0 aromatic heterocycles. The number of hydrogen-bond acceptors (Lipinski definition) is 1. The highest BCUT2D eigenvalue weighted by atomic mass is 79.9. The first-order chi connectivity index (χ1) is 7.79. The monoisotopic (exact) mass is 305 g/mol. The molecule has 0 amide bonds. The smallest absolute Gasteiger partial charge is 0.143 e. The molecule has 2 N–H and O–H groups in total. The van der Waals surface area contributed by atoms with Crippen molar-refractivity contribution >= 4 is 15.9 Å². The summed E-state index contributed by atoms with van der Waals surface area (Å²) in [6, 6.07) is 2.63. The number of hydrogen-bond donors (Lipinski definition) is 1. The second kappa shape index (κ2) is 5.44. The van der Waals surface area contributed by atoms with Gasteiger partial charge in [0, 0.05) is 11.1 Å². The maximum absolute atomic E-state index is 13.8. The summed E-state index contributed by atoms with van der Waals surface area (Å²) < 4.78 is 27.7. The van der Waals surface area contributed by atoms with Crippen LogP contribution in [0.1, 0.15) is 32.8 Å². The Labute approximate surface area is 110 Å². The molecule has 1 aromatic rings. The molecule has 1 nitrogen and oxygen atoms in total. The molecule has 0 heterocycles. The Morgan fingerprint density at radius 1 is 1.41 bits per heavy atom. The summed E-state index contributed by atoms with van der Waals surface area (Å²) >= 11 is 3.06. The first-order valence-corrected chi connectivity index (χ1v) is 6.50. The van der Waals surface area contributed by atoms with Crippen molar-refractivity contribution in [2.24, 2.45) is 11.7 Å². The summed E-state index contributed by atoms with van der Waals surface area (Å²) in [5.74, 6) is -0.893. The highest BCUT2D eigenvalue weighted by molar-refractivity contribution is 9.10. The minimum atomic E-state index is -0.614. The highest BCUT2D eigenvalue weighted by Crippen LogP contribution is 2.28. The molecule has 0 bridgehead atoms. The lowest BCUT2D eigenvalue weighted by Gasteiger charge is -2.31. The molecule has 0 saturated carbocycles. The molecule has 0 saturated heterocycles. The van der Waals surface area contributed by atoms with E-state index in [-0.39, 0.29) is 22.4 Å². The number of halogens is 3. The summed E-state index contributed by atoms with van der Waals surface area (Å²) in [6.07, 6.45) is 1.07. The van der Waals surface area contributed by atoms with Crippen LogP contribution in [-0.4, -0.2) is 5.54 Å². The average molecular weight is 306 g/mol. The molecule has 0 radical (unpaired) electrons. The van der Waals surface area contributed by atoms with Crippen LogP contribution in [0, 0.1) is 17.6 Å². The van der Waals surface area contributed by atoms with Gasteiger partial charge in [0.1, 0.15) is 11.6 Å². The molecular formula is C13H18BrF2N. The van der Waals surface area contributed by atoms with Crippen LogP contribution in [0.2, 0.25) is 0 Å². The van der Waals surface area contributed by atoms with Gasteiger partial charge in [-0.2, -0.15) is 0 Å². The van der Waals surface area contributed by atoms with Crippen LogP contribution in [0.3, 0.4) is 0 Å². The van der Waals surface area contributed by atoms with Crippen molar-refractivity contribution in [3.63, 3.8) is 0 Å². The van der Waals surface area contributed by atoms with Crippen molar-refractivity contribution in [3.8, 4) is 0 Å². The Hall–Kier alpha value is -0.480. The summed E-state index contributed by atoms with van der Waals surface area (Å²) in [5, 5.41) is 0. The lowest BCUT2D eigenvalue weighted by atomic mass is 9.81. The predicted molar refractivity (Wildman–Crippen MR) is 69.8 cm³/mol.